The number of amides is 1. The van der Waals surface area contributed by atoms with Crippen LogP contribution in [0.4, 0.5) is 11.4 Å². The number of carbonyl (C=O) groups excluding carboxylic acids is 1. The summed E-state index contributed by atoms with van der Waals surface area (Å²) in [7, 11) is 0. The van der Waals surface area contributed by atoms with Crippen LogP contribution in [0.5, 0.6) is 5.75 Å². The van der Waals surface area contributed by atoms with E-state index in [4.69, 9.17) is 0 Å². The Morgan fingerprint density at radius 3 is 2.06 bits per heavy atom. The molecule has 3 aromatic carbocycles. The van der Waals surface area contributed by atoms with Crippen molar-refractivity contribution >= 4 is 17.3 Å². The van der Waals surface area contributed by atoms with Crippen LogP contribution < -0.4 is 9.80 Å². The van der Waals surface area contributed by atoms with Crippen molar-refractivity contribution in [2.45, 2.75) is 44.4 Å². The number of aromatic nitrogens is 2. The number of likely N-dealkylation sites (tertiary alicyclic amines) is 2. The topological polar surface area (TPSA) is 76.0 Å². The summed E-state index contributed by atoms with van der Waals surface area (Å²) in [5.74, 6) is 0.486. The van der Waals surface area contributed by atoms with Crippen LogP contribution in [0.25, 0.3) is 11.3 Å². The second kappa shape index (κ2) is 12.8. The van der Waals surface area contributed by atoms with Crippen molar-refractivity contribution in [1.29, 1.82) is 0 Å². The van der Waals surface area contributed by atoms with Crippen LogP contribution in [0.2, 0.25) is 0 Å². The summed E-state index contributed by atoms with van der Waals surface area (Å²) < 4.78 is 0. The predicted octanol–water partition coefficient (Wildman–Crippen LogP) is 6.23. The quantitative estimate of drug-likeness (QED) is 0.241. The zero-order valence-corrected chi connectivity index (χ0v) is 28.7. The van der Waals surface area contributed by atoms with Gasteiger partial charge >= 0.3 is 0 Å². The maximum atomic E-state index is 14.5. The lowest BCUT2D eigenvalue weighted by atomic mass is 9.67. The summed E-state index contributed by atoms with van der Waals surface area (Å²) in [4.78, 5) is 24.1. The van der Waals surface area contributed by atoms with E-state index in [1.807, 2.05) is 24.3 Å². The van der Waals surface area contributed by atoms with Crippen LogP contribution in [-0.2, 0) is 10.2 Å². The minimum atomic E-state index is -0.521. The normalized spacial score (nSPS) is 21.2. The molecule has 4 aliphatic rings. The lowest BCUT2D eigenvalue weighted by Gasteiger charge is -2.62. The number of para-hydroxylation sites is 2. The molecule has 1 spiro atoms. The van der Waals surface area contributed by atoms with Gasteiger partial charge in [0, 0.05) is 69.0 Å². The number of aromatic hydroxyl groups is 1. The number of anilines is 2. The van der Waals surface area contributed by atoms with Gasteiger partial charge in [-0.25, -0.2) is 0 Å². The van der Waals surface area contributed by atoms with Gasteiger partial charge in [-0.05, 0) is 80.0 Å². The van der Waals surface area contributed by atoms with E-state index in [9.17, 15) is 9.90 Å². The van der Waals surface area contributed by atoms with Gasteiger partial charge in [0.1, 0.15) is 5.75 Å². The zero-order chi connectivity index (χ0) is 33.5. The van der Waals surface area contributed by atoms with E-state index in [0.717, 1.165) is 83.0 Å². The van der Waals surface area contributed by atoms with Crippen molar-refractivity contribution < 1.29 is 9.90 Å². The number of phenols is 1. The first-order valence-electron chi connectivity index (χ1n) is 18.1. The van der Waals surface area contributed by atoms with Crippen molar-refractivity contribution in [3.05, 3.63) is 103 Å². The van der Waals surface area contributed by atoms with E-state index in [0.29, 0.717) is 22.6 Å². The molecule has 4 aliphatic heterocycles. The van der Waals surface area contributed by atoms with E-state index < -0.39 is 5.41 Å². The molecule has 49 heavy (non-hydrogen) atoms. The molecule has 1 amide bonds. The molecule has 1 aromatic heterocycles. The average molecular weight is 657 g/mol. The Hall–Kier alpha value is -4.43. The molecule has 0 unspecified atom stereocenters. The average Bonchev–Trinajstić information content (AvgIpc) is 3.11. The van der Waals surface area contributed by atoms with E-state index in [1.54, 1.807) is 18.3 Å². The SMILES string of the molecule is CC1(CCN2CC3(C2)CN(C(=O)C2(c4ccccc4)CCN(c4cnnc(-c5ccccc5O)c4)CC2)C3)CCN(c2ccccc2)CC1. The van der Waals surface area contributed by atoms with Gasteiger partial charge in [-0.3, -0.25) is 4.79 Å². The van der Waals surface area contributed by atoms with Crippen molar-refractivity contribution in [3.63, 3.8) is 0 Å². The van der Waals surface area contributed by atoms with Crippen LogP contribution >= 0.6 is 0 Å². The first kappa shape index (κ1) is 31.8. The standard InChI is InChI=1S/C41H48N6O2/c1-39(17-22-45(23-18-39)33-12-6-3-7-13-33)16-21-44-28-40(29-44)30-47(31-40)38(49)41(32-10-4-2-5-11-32)19-24-46(25-20-41)34-26-36(43-42-27-34)35-14-8-9-15-37(35)48/h2-15,26-27,48H,16-25,28-31H2,1H3. The largest absolute Gasteiger partial charge is 0.507 e. The Bertz CT molecular complexity index is 1750. The number of nitrogens with zero attached hydrogens (tertiary/aromatic N) is 6. The summed E-state index contributed by atoms with van der Waals surface area (Å²) >= 11 is 0. The molecule has 8 nitrogen and oxygen atoms in total. The number of rotatable bonds is 8. The third kappa shape index (κ3) is 6.16. The number of benzene rings is 3. The summed E-state index contributed by atoms with van der Waals surface area (Å²) in [6.45, 7) is 11.4. The molecule has 4 fully saturated rings. The van der Waals surface area contributed by atoms with Gasteiger partial charge in [0.2, 0.25) is 5.91 Å². The molecule has 4 saturated heterocycles. The van der Waals surface area contributed by atoms with Crippen LogP contribution in [0, 0.1) is 10.8 Å². The lowest BCUT2D eigenvalue weighted by Crippen LogP contribution is -2.74. The monoisotopic (exact) mass is 656 g/mol. The van der Waals surface area contributed by atoms with Crippen molar-refractivity contribution in [2.75, 3.05) is 68.7 Å². The Kier molecular flexibility index (Phi) is 8.30. The highest BCUT2D eigenvalue weighted by Crippen LogP contribution is 2.46. The number of hydrogen-bond acceptors (Lipinski definition) is 7. The lowest BCUT2D eigenvalue weighted by molar-refractivity contribution is -0.166. The summed E-state index contributed by atoms with van der Waals surface area (Å²) in [5.41, 5.74) is 4.92. The second-order valence-corrected chi connectivity index (χ2v) is 15.5. The third-order valence-corrected chi connectivity index (χ3v) is 12.1. The van der Waals surface area contributed by atoms with Gasteiger partial charge in [-0.15, -0.1) is 0 Å². The fourth-order valence-corrected chi connectivity index (χ4v) is 8.97. The minimum Gasteiger partial charge on any atom is -0.507 e. The van der Waals surface area contributed by atoms with Crippen molar-refractivity contribution in [2.24, 2.45) is 10.8 Å². The van der Waals surface area contributed by atoms with Crippen LogP contribution in [0.15, 0.2) is 97.2 Å². The number of carbonyl (C=O) groups is 1. The van der Waals surface area contributed by atoms with Gasteiger partial charge in [0.15, 0.2) is 0 Å². The third-order valence-electron chi connectivity index (χ3n) is 12.1. The highest BCUT2D eigenvalue weighted by molar-refractivity contribution is 5.89. The van der Waals surface area contributed by atoms with Gasteiger partial charge in [-0.2, -0.15) is 10.2 Å². The van der Waals surface area contributed by atoms with Crippen LogP contribution in [-0.4, -0.2) is 89.9 Å². The van der Waals surface area contributed by atoms with Crippen LogP contribution in [0.3, 0.4) is 0 Å². The summed E-state index contributed by atoms with van der Waals surface area (Å²) in [6.07, 6.45) is 7.04. The maximum absolute atomic E-state index is 14.5. The molecule has 8 rings (SSSR count). The van der Waals surface area contributed by atoms with Gasteiger partial charge in [0.25, 0.3) is 0 Å². The predicted molar refractivity (Wildman–Crippen MR) is 195 cm³/mol. The molecule has 5 heterocycles. The first-order chi connectivity index (χ1) is 23.8. The Morgan fingerprint density at radius 2 is 1.37 bits per heavy atom. The molecule has 0 bridgehead atoms. The fraction of sp³-hybridized carbons (Fsp3) is 0.439. The zero-order valence-electron chi connectivity index (χ0n) is 28.7. The Balaban J connectivity index is 0.866. The number of phenolic OH excluding ortho intramolecular Hbond substituents is 1. The van der Waals surface area contributed by atoms with E-state index in [-0.39, 0.29) is 11.2 Å². The van der Waals surface area contributed by atoms with Gasteiger partial charge in [0.05, 0.1) is 23.0 Å². The van der Waals surface area contributed by atoms with Crippen molar-refractivity contribution in [1.82, 2.24) is 20.0 Å². The number of hydrogen-bond donors (Lipinski definition) is 1. The first-order valence-corrected chi connectivity index (χ1v) is 18.1. The molecule has 1 N–H and O–H groups in total. The highest BCUT2D eigenvalue weighted by Gasteiger charge is 2.56. The molecule has 0 radical (unpaired) electrons. The summed E-state index contributed by atoms with van der Waals surface area (Å²) in [6, 6.07) is 30.5. The van der Waals surface area contributed by atoms with E-state index in [2.05, 4.69) is 91.3 Å². The Morgan fingerprint density at radius 1 is 0.755 bits per heavy atom. The van der Waals surface area contributed by atoms with Gasteiger partial charge in [-0.1, -0.05) is 67.6 Å². The van der Waals surface area contributed by atoms with Crippen LogP contribution in [0.1, 0.15) is 44.6 Å². The Labute approximate surface area is 290 Å². The molecule has 0 aliphatic carbocycles. The maximum Gasteiger partial charge on any atom is 0.233 e. The molecule has 8 heteroatoms. The smallest absolute Gasteiger partial charge is 0.233 e. The fourth-order valence-electron chi connectivity index (χ4n) is 8.97. The molecule has 0 saturated carbocycles. The molecule has 4 aromatic rings. The van der Waals surface area contributed by atoms with Gasteiger partial charge < -0.3 is 24.7 Å². The molecule has 0 atom stereocenters. The summed E-state index contributed by atoms with van der Waals surface area (Å²) in [5, 5.41) is 18.9. The van der Waals surface area contributed by atoms with E-state index in [1.165, 1.54) is 24.9 Å². The molecular weight excluding hydrogens is 608 g/mol. The van der Waals surface area contributed by atoms with E-state index >= 15 is 0 Å². The second-order valence-electron chi connectivity index (χ2n) is 15.5. The molecular formula is C41H48N6O2. The molecule has 254 valence electrons. The minimum absolute atomic E-state index is 0.192. The highest BCUT2D eigenvalue weighted by atomic mass is 16.3. The van der Waals surface area contributed by atoms with Crippen molar-refractivity contribution in [3.8, 4) is 17.0 Å². The number of piperidine rings is 2.